The van der Waals surface area contributed by atoms with E-state index < -0.39 is 0 Å². The molecule has 17 heavy (non-hydrogen) atoms. The standard InChI is InChI=1S/C14H21NO2/c1-4-15(9-10-16)14(17)13-7-5-12(6-8-13)11(2)3/h5-8,11,16H,4,9-10H2,1-3H3. The molecular weight excluding hydrogens is 214 g/mol. The first kappa shape index (κ1) is 13.7. The van der Waals surface area contributed by atoms with Crippen molar-refractivity contribution in [1.29, 1.82) is 0 Å². The lowest BCUT2D eigenvalue weighted by molar-refractivity contribution is 0.0732. The molecule has 1 aromatic carbocycles. The molecule has 0 aliphatic heterocycles. The van der Waals surface area contributed by atoms with Crippen LogP contribution in [0.25, 0.3) is 0 Å². The van der Waals surface area contributed by atoms with Crippen molar-refractivity contribution in [3.05, 3.63) is 35.4 Å². The van der Waals surface area contributed by atoms with Gasteiger partial charge in [0.1, 0.15) is 0 Å². The maximum Gasteiger partial charge on any atom is 0.253 e. The van der Waals surface area contributed by atoms with Crippen molar-refractivity contribution >= 4 is 5.91 Å². The molecule has 0 aliphatic rings. The van der Waals surface area contributed by atoms with Gasteiger partial charge >= 0.3 is 0 Å². The van der Waals surface area contributed by atoms with Crippen LogP contribution in [0.4, 0.5) is 0 Å². The summed E-state index contributed by atoms with van der Waals surface area (Å²) < 4.78 is 0. The van der Waals surface area contributed by atoms with E-state index in [0.29, 0.717) is 24.6 Å². The number of rotatable bonds is 5. The minimum Gasteiger partial charge on any atom is -0.395 e. The van der Waals surface area contributed by atoms with Gasteiger partial charge < -0.3 is 10.0 Å². The highest BCUT2D eigenvalue weighted by molar-refractivity contribution is 5.94. The van der Waals surface area contributed by atoms with Gasteiger partial charge in [0, 0.05) is 18.7 Å². The molecule has 0 saturated heterocycles. The van der Waals surface area contributed by atoms with Gasteiger partial charge in [-0.05, 0) is 30.5 Å². The van der Waals surface area contributed by atoms with Crippen molar-refractivity contribution in [3.63, 3.8) is 0 Å². The van der Waals surface area contributed by atoms with Crippen LogP contribution in [0, 0.1) is 0 Å². The van der Waals surface area contributed by atoms with Crippen LogP contribution < -0.4 is 0 Å². The zero-order chi connectivity index (χ0) is 12.8. The van der Waals surface area contributed by atoms with Crippen LogP contribution in [0.15, 0.2) is 24.3 Å². The second kappa shape index (κ2) is 6.40. The minimum absolute atomic E-state index is 0.00363. The van der Waals surface area contributed by atoms with Gasteiger partial charge in [0.05, 0.1) is 6.61 Å². The summed E-state index contributed by atoms with van der Waals surface area (Å²) in [5, 5.41) is 8.89. The Kier molecular flexibility index (Phi) is 5.16. The molecule has 0 aromatic heterocycles. The molecule has 0 aliphatic carbocycles. The molecule has 3 nitrogen and oxygen atoms in total. The zero-order valence-corrected chi connectivity index (χ0v) is 10.8. The Morgan fingerprint density at radius 3 is 2.29 bits per heavy atom. The lowest BCUT2D eigenvalue weighted by Crippen LogP contribution is -2.33. The highest BCUT2D eigenvalue weighted by Gasteiger charge is 2.13. The number of hydrogen-bond donors (Lipinski definition) is 1. The summed E-state index contributed by atoms with van der Waals surface area (Å²) in [5.41, 5.74) is 1.91. The number of carbonyl (C=O) groups is 1. The molecular formula is C14H21NO2. The molecule has 94 valence electrons. The first-order valence-electron chi connectivity index (χ1n) is 6.10. The number of likely N-dealkylation sites (N-methyl/N-ethyl adjacent to an activating group) is 1. The maximum absolute atomic E-state index is 12.1. The number of hydrogen-bond acceptors (Lipinski definition) is 2. The van der Waals surface area contributed by atoms with Gasteiger partial charge in [0.15, 0.2) is 0 Å². The zero-order valence-electron chi connectivity index (χ0n) is 10.8. The fraction of sp³-hybridized carbons (Fsp3) is 0.500. The van der Waals surface area contributed by atoms with Crippen LogP contribution >= 0.6 is 0 Å². The van der Waals surface area contributed by atoms with Gasteiger partial charge in [-0.3, -0.25) is 4.79 Å². The van der Waals surface area contributed by atoms with Crippen LogP contribution in [0.5, 0.6) is 0 Å². The summed E-state index contributed by atoms with van der Waals surface area (Å²) in [4.78, 5) is 13.7. The molecule has 0 heterocycles. The Bertz CT molecular complexity index is 357. The Morgan fingerprint density at radius 1 is 1.29 bits per heavy atom. The average Bonchev–Trinajstić information content (AvgIpc) is 2.35. The van der Waals surface area contributed by atoms with Crippen molar-refractivity contribution in [3.8, 4) is 0 Å². The van der Waals surface area contributed by atoms with E-state index >= 15 is 0 Å². The molecule has 1 aromatic rings. The quantitative estimate of drug-likeness (QED) is 0.850. The van der Waals surface area contributed by atoms with E-state index in [9.17, 15) is 4.79 Å². The highest BCUT2D eigenvalue weighted by Crippen LogP contribution is 2.15. The van der Waals surface area contributed by atoms with Crippen LogP contribution in [0.1, 0.15) is 42.6 Å². The first-order chi connectivity index (χ1) is 8.10. The molecule has 0 atom stereocenters. The lowest BCUT2D eigenvalue weighted by atomic mass is 10.0. The van der Waals surface area contributed by atoms with Crippen molar-refractivity contribution in [1.82, 2.24) is 4.90 Å². The molecule has 1 rings (SSSR count). The molecule has 1 amide bonds. The van der Waals surface area contributed by atoms with Crippen LogP contribution in [0.3, 0.4) is 0 Å². The van der Waals surface area contributed by atoms with E-state index in [1.54, 1.807) is 4.90 Å². The van der Waals surface area contributed by atoms with Gasteiger partial charge in [-0.25, -0.2) is 0 Å². The number of amides is 1. The topological polar surface area (TPSA) is 40.5 Å². The van der Waals surface area contributed by atoms with Crippen LogP contribution in [-0.4, -0.2) is 35.6 Å². The van der Waals surface area contributed by atoms with E-state index in [1.165, 1.54) is 5.56 Å². The number of aliphatic hydroxyl groups excluding tert-OH is 1. The third kappa shape index (κ3) is 3.56. The SMILES string of the molecule is CCN(CCO)C(=O)c1ccc(C(C)C)cc1. The fourth-order valence-corrected chi connectivity index (χ4v) is 1.72. The van der Waals surface area contributed by atoms with Crippen molar-refractivity contribution in [2.45, 2.75) is 26.7 Å². The lowest BCUT2D eigenvalue weighted by Gasteiger charge is -2.19. The molecule has 3 heteroatoms. The first-order valence-corrected chi connectivity index (χ1v) is 6.10. The molecule has 0 spiro atoms. The second-order valence-electron chi connectivity index (χ2n) is 4.39. The van der Waals surface area contributed by atoms with E-state index in [-0.39, 0.29) is 12.5 Å². The molecule has 0 bridgehead atoms. The van der Waals surface area contributed by atoms with Crippen molar-refractivity contribution in [2.75, 3.05) is 19.7 Å². The van der Waals surface area contributed by atoms with Gasteiger partial charge in [-0.2, -0.15) is 0 Å². The number of nitrogens with zero attached hydrogens (tertiary/aromatic N) is 1. The minimum atomic E-state index is -0.0168. The largest absolute Gasteiger partial charge is 0.395 e. The molecule has 0 saturated carbocycles. The smallest absolute Gasteiger partial charge is 0.253 e. The Balaban J connectivity index is 2.81. The maximum atomic E-state index is 12.1. The number of carbonyl (C=O) groups excluding carboxylic acids is 1. The van der Waals surface area contributed by atoms with Gasteiger partial charge in [0.25, 0.3) is 5.91 Å². The van der Waals surface area contributed by atoms with E-state index in [0.717, 1.165) is 0 Å². The molecule has 0 fully saturated rings. The number of aliphatic hydroxyl groups is 1. The third-order valence-electron chi connectivity index (χ3n) is 2.86. The second-order valence-corrected chi connectivity index (χ2v) is 4.39. The normalized spacial score (nSPS) is 10.6. The Labute approximate surface area is 103 Å². The Morgan fingerprint density at radius 2 is 1.88 bits per heavy atom. The van der Waals surface area contributed by atoms with E-state index in [4.69, 9.17) is 5.11 Å². The highest BCUT2D eigenvalue weighted by atomic mass is 16.3. The third-order valence-corrected chi connectivity index (χ3v) is 2.86. The predicted octanol–water partition coefficient (Wildman–Crippen LogP) is 2.26. The summed E-state index contributed by atoms with van der Waals surface area (Å²) in [6.45, 7) is 7.17. The van der Waals surface area contributed by atoms with Crippen molar-refractivity contribution < 1.29 is 9.90 Å². The number of benzene rings is 1. The van der Waals surface area contributed by atoms with Gasteiger partial charge in [-0.15, -0.1) is 0 Å². The van der Waals surface area contributed by atoms with Crippen molar-refractivity contribution in [2.24, 2.45) is 0 Å². The predicted molar refractivity (Wildman–Crippen MR) is 69.2 cm³/mol. The molecule has 1 N–H and O–H groups in total. The van der Waals surface area contributed by atoms with Gasteiger partial charge in [0.2, 0.25) is 0 Å². The van der Waals surface area contributed by atoms with Crippen LogP contribution in [0.2, 0.25) is 0 Å². The molecule has 0 radical (unpaired) electrons. The summed E-state index contributed by atoms with van der Waals surface area (Å²) >= 11 is 0. The Hall–Kier alpha value is -1.35. The summed E-state index contributed by atoms with van der Waals surface area (Å²) in [6, 6.07) is 7.70. The summed E-state index contributed by atoms with van der Waals surface area (Å²) in [5.74, 6) is 0.454. The van der Waals surface area contributed by atoms with E-state index in [1.807, 2.05) is 31.2 Å². The monoisotopic (exact) mass is 235 g/mol. The fourth-order valence-electron chi connectivity index (χ4n) is 1.72. The average molecular weight is 235 g/mol. The van der Waals surface area contributed by atoms with Gasteiger partial charge in [-0.1, -0.05) is 26.0 Å². The van der Waals surface area contributed by atoms with Crippen LogP contribution in [-0.2, 0) is 0 Å². The van der Waals surface area contributed by atoms with E-state index in [2.05, 4.69) is 13.8 Å². The summed E-state index contributed by atoms with van der Waals surface area (Å²) in [7, 11) is 0. The summed E-state index contributed by atoms with van der Waals surface area (Å²) in [6.07, 6.45) is 0. The molecule has 0 unspecified atom stereocenters.